The van der Waals surface area contributed by atoms with Gasteiger partial charge in [0.25, 0.3) is 5.56 Å². The highest BCUT2D eigenvalue weighted by Gasteiger charge is 2.26. The fourth-order valence-corrected chi connectivity index (χ4v) is 5.19. The summed E-state index contributed by atoms with van der Waals surface area (Å²) in [5.41, 5.74) is 5.83. The van der Waals surface area contributed by atoms with Crippen molar-refractivity contribution >= 4 is 18.1 Å². The summed E-state index contributed by atoms with van der Waals surface area (Å²) in [6.45, 7) is 2.31. The molecule has 3 aromatic carbocycles. The number of carbonyl (C=O) groups excluding carboxylic acids is 1. The average Bonchev–Trinajstić information content (AvgIpc) is 3.10. The second-order valence-corrected chi connectivity index (χ2v) is 9.58. The lowest BCUT2D eigenvalue weighted by molar-refractivity contribution is 0.0599. The smallest absolute Gasteiger partial charge is 0.338 e. The molecule has 0 amide bonds. The number of hydrogen-bond acceptors (Lipinski definition) is 4. The van der Waals surface area contributed by atoms with Gasteiger partial charge in [0.15, 0.2) is 0 Å². The minimum atomic E-state index is -0.498. The molecular formula is C32H30N2O4. The Bertz CT molecular complexity index is 1590. The van der Waals surface area contributed by atoms with E-state index in [0.717, 1.165) is 52.6 Å². The van der Waals surface area contributed by atoms with Crippen LogP contribution in [0.2, 0.25) is 0 Å². The van der Waals surface area contributed by atoms with Crippen LogP contribution in [0.5, 0.6) is 0 Å². The summed E-state index contributed by atoms with van der Waals surface area (Å²) in [5, 5.41) is 0. The van der Waals surface area contributed by atoms with E-state index in [-0.39, 0.29) is 12.5 Å². The van der Waals surface area contributed by atoms with Gasteiger partial charge in [-0.2, -0.15) is 0 Å². The Hall–Kier alpha value is -4.45. The summed E-state index contributed by atoms with van der Waals surface area (Å²) in [5.74, 6) is -0.748. The van der Waals surface area contributed by atoms with Crippen molar-refractivity contribution in [2.75, 3.05) is 7.11 Å². The molecule has 1 aromatic heterocycles. The van der Waals surface area contributed by atoms with Gasteiger partial charge in [0.05, 0.1) is 19.2 Å². The number of aryl methyl sites for hydroxylation is 1. The van der Waals surface area contributed by atoms with E-state index in [0.29, 0.717) is 11.1 Å². The van der Waals surface area contributed by atoms with Gasteiger partial charge in [0.1, 0.15) is 0 Å². The summed E-state index contributed by atoms with van der Waals surface area (Å²) in [7, 11) is 1.37. The normalized spacial score (nSPS) is 12.5. The zero-order valence-electron chi connectivity index (χ0n) is 21.6. The molecular weight excluding hydrogens is 476 g/mol. The van der Waals surface area contributed by atoms with Gasteiger partial charge in [-0.3, -0.25) is 14.3 Å². The number of hydrogen-bond donors (Lipinski definition) is 1. The molecule has 38 heavy (non-hydrogen) atoms. The third kappa shape index (κ3) is 4.90. The van der Waals surface area contributed by atoms with Crippen LogP contribution in [0.4, 0.5) is 0 Å². The zero-order chi connectivity index (χ0) is 26.6. The van der Waals surface area contributed by atoms with Gasteiger partial charge < -0.3 is 4.74 Å². The Balaban J connectivity index is 1.60. The Labute approximate surface area is 221 Å². The van der Waals surface area contributed by atoms with Gasteiger partial charge >= 0.3 is 11.7 Å². The summed E-state index contributed by atoms with van der Waals surface area (Å²) >= 11 is 0. The Morgan fingerprint density at radius 2 is 1.58 bits per heavy atom. The summed E-state index contributed by atoms with van der Waals surface area (Å²) in [6, 6.07) is 21.6. The van der Waals surface area contributed by atoms with Crippen LogP contribution in [0, 0.1) is 0 Å². The van der Waals surface area contributed by atoms with E-state index < -0.39 is 17.2 Å². The second-order valence-electron chi connectivity index (χ2n) is 9.58. The number of methoxy groups -OCH3 is 1. The highest BCUT2D eigenvalue weighted by molar-refractivity contribution is 5.91. The zero-order valence-corrected chi connectivity index (χ0v) is 21.6. The third-order valence-electron chi connectivity index (χ3n) is 7.14. The predicted molar refractivity (Wildman–Crippen MR) is 150 cm³/mol. The first kappa shape index (κ1) is 25.2. The van der Waals surface area contributed by atoms with E-state index in [2.05, 4.69) is 24.1 Å². The maximum absolute atomic E-state index is 13.3. The Morgan fingerprint density at radius 3 is 2.21 bits per heavy atom. The molecule has 0 fully saturated rings. The van der Waals surface area contributed by atoms with Crippen molar-refractivity contribution in [2.45, 2.75) is 38.6 Å². The van der Waals surface area contributed by atoms with Crippen LogP contribution >= 0.6 is 0 Å². The van der Waals surface area contributed by atoms with Crippen LogP contribution in [0.25, 0.3) is 12.2 Å². The fourth-order valence-electron chi connectivity index (χ4n) is 5.19. The average molecular weight is 507 g/mol. The number of unbranched alkanes of at least 4 members (excludes halogenated alkanes) is 1. The maximum Gasteiger partial charge on any atom is 0.338 e. The second kappa shape index (κ2) is 10.9. The van der Waals surface area contributed by atoms with Crippen LogP contribution in [-0.4, -0.2) is 22.6 Å². The highest BCUT2D eigenvalue weighted by Crippen LogP contribution is 2.37. The van der Waals surface area contributed by atoms with Crippen molar-refractivity contribution < 1.29 is 9.53 Å². The molecule has 0 spiro atoms. The number of nitrogens with one attached hydrogen (secondary N) is 1. The van der Waals surface area contributed by atoms with Crippen LogP contribution in [0.3, 0.4) is 0 Å². The SMILES string of the molecule is CCCCc1ccc(Cn2cc(C3c4ccccc4C=Cc4ccccc43)c(=O)[nH]c2=O)cc1C(=O)OC. The molecule has 0 atom stereocenters. The molecule has 0 unspecified atom stereocenters. The summed E-state index contributed by atoms with van der Waals surface area (Å²) in [6.07, 6.45) is 8.54. The van der Waals surface area contributed by atoms with Gasteiger partial charge in [-0.25, -0.2) is 9.59 Å². The van der Waals surface area contributed by atoms with E-state index in [1.807, 2.05) is 60.7 Å². The number of esters is 1. The third-order valence-corrected chi connectivity index (χ3v) is 7.14. The first-order valence-corrected chi connectivity index (χ1v) is 12.9. The number of aromatic nitrogens is 2. The van der Waals surface area contributed by atoms with Crippen molar-refractivity contribution in [3.05, 3.63) is 138 Å². The van der Waals surface area contributed by atoms with Crippen molar-refractivity contribution in [3.8, 4) is 0 Å². The topological polar surface area (TPSA) is 81.2 Å². The molecule has 0 aliphatic heterocycles. The molecule has 0 radical (unpaired) electrons. The number of rotatable bonds is 7. The van der Waals surface area contributed by atoms with E-state index in [1.165, 1.54) is 11.7 Å². The van der Waals surface area contributed by atoms with E-state index in [4.69, 9.17) is 4.74 Å². The van der Waals surface area contributed by atoms with Crippen LogP contribution in [0.15, 0.2) is 82.5 Å². The fraction of sp³-hybridized carbons (Fsp3) is 0.219. The van der Waals surface area contributed by atoms with Crippen molar-refractivity contribution in [1.82, 2.24) is 9.55 Å². The number of carbonyl (C=O) groups is 1. The lowest BCUT2D eigenvalue weighted by Crippen LogP contribution is -2.33. The number of H-pyrrole nitrogens is 1. The molecule has 6 heteroatoms. The van der Waals surface area contributed by atoms with E-state index in [9.17, 15) is 14.4 Å². The van der Waals surface area contributed by atoms with Crippen molar-refractivity contribution in [3.63, 3.8) is 0 Å². The molecule has 5 rings (SSSR count). The van der Waals surface area contributed by atoms with Crippen LogP contribution in [-0.2, 0) is 17.7 Å². The Kier molecular flexibility index (Phi) is 7.22. The van der Waals surface area contributed by atoms with E-state index in [1.54, 1.807) is 12.3 Å². The first-order chi connectivity index (χ1) is 18.5. The van der Waals surface area contributed by atoms with Crippen LogP contribution in [0.1, 0.15) is 75.0 Å². The van der Waals surface area contributed by atoms with Crippen molar-refractivity contribution in [2.24, 2.45) is 0 Å². The van der Waals surface area contributed by atoms with E-state index >= 15 is 0 Å². The quantitative estimate of drug-likeness (QED) is 0.301. The lowest BCUT2D eigenvalue weighted by atomic mass is 9.83. The minimum absolute atomic E-state index is 0.203. The molecule has 1 aliphatic rings. The van der Waals surface area contributed by atoms with Gasteiger partial charge in [-0.1, -0.05) is 86.2 Å². The molecule has 192 valence electrons. The van der Waals surface area contributed by atoms with Gasteiger partial charge in [0.2, 0.25) is 0 Å². The highest BCUT2D eigenvalue weighted by atomic mass is 16.5. The number of aromatic amines is 1. The summed E-state index contributed by atoms with van der Waals surface area (Å²) < 4.78 is 6.52. The van der Waals surface area contributed by atoms with Crippen LogP contribution < -0.4 is 11.2 Å². The van der Waals surface area contributed by atoms with Gasteiger partial charge in [-0.15, -0.1) is 0 Å². The molecule has 4 aromatic rings. The maximum atomic E-state index is 13.3. The standard InChI is InChI=1S/C32H30N2O4/c1-3-4-9-24-15-14-21(18-27(24)31(36)38-2)19-34-20-28(30(35)33-32(34)37)29-25-12-7-5-10-22(25)16-17-23-11-6-8-13-26(23)29/h5-8,10-18,20,29H,3-4,9,19H2,1-2H3,(H,33,35,37). The molecule has 1 N–H and O–H groups in total. The Morgan fingerprint density at radius 1 is 0.921 bits per heavy atom. The molecule has 0 saturated heterocycles. The first-order valence-electron chi connectivity index (χ1n) is 12.9. The number of ether oxygens (including phenoxy) is 1. The predicted octanol–water partition coefficient (Wildman–Crippen LogP) is 5.38. The monoisotopic (exact) mass is 506 g/mol. The lowest BCUT2D eigenvalue weighted by Gasteiger charge is -2.21. The molecule has 6 nitrogen and oxygen atoms in total. The molecule has 0 saturated carbocycles. The minimum Gasteiger partial charge on any atom is -0.465 e. The van der Waals surface area contributed by atoms with Gasteiger partial charge in [0, 0.05) is 17.7 Å². The summed E-state index contributed by atoms with van der Waals surface area (Å²) in [4.78, 5) is 41.2. The van der Waals surface area contributed by atoms with Gasteiger partial charge in [-0.05, 0) is 52.3 Å². The largest absolute Gasteiger partial charge is 0.465 e. The number of benzene rings is 3. The number of fused-ring (bicyclic) bond motifs is 2. The van der Waals surface area contributed by atoms with Crippen molar-refractivity contribution in [1.29, 1.82) is 0 Å². The molecule has 1 heterocycles. The molecule has 0 bridgehead atoms. The molecule has 1 aliphatic carbocycles. The number of nitrogens with zero attached hydrogens (tertiary/aromatic N) is 1.